The Balaban J connectivity index is 1.39. The normalized spacial score (nSPS) is 17.5. The fourth-order valence-corrected chi connectivity index (χ4v) is 4.37. The van der Waals surface area contributed by atoms with Crippen molar-refractivity contribution >= 4 is 5.91 Å². The lowest BCUT2D eigenvalue weighted by Crippen LogP contribution is -2.41. The van der Waals surface area contributed by atoms with Crippen molar-refractivity contribution in [3.05, 3.63) is 47.7 Å². The fourth-order valence-electron chi connectivity index (χ4n) is 4.37. The summed E-state index contributed by atoms with van der Waals surface area (Å²) in [6, 6.07) is 8.24. The van der Waals surface area contributed by atoms with E-state index in [4.69, 9.17) is 13.9 Å². The van der Waals surface area contributed by atoms with Crippen molar-refractivity contribution in [3.63, 3.8) is 0 Å². The Kier molecular flexibility index (Phi) is 8.74. The molecule has 2 saturated heterocycles. The monoisotopic (exact) mass is 456 g/mol. The van der Waals surface area contributed by atoms with Crippen LogP contribution in [0.2, 0.25) is 0 Å². The van der Waals surface area contributed by atoms with Gasteiger partial charge < -0.3 is 18.8 Å². The maximum atomic E-state index is 12.8. The van der Waals surface area contributed by atoms with Gasteiger partial charge in [0.05, 0.1) is 26.4 Å². The van der Waals surface area contributed by atoms with Crippen LogP contribution in [0.5, 0.6) is 5.75 Å². The van der Waals surface area contributed by atoms with Crippen molar-refractivity contribution in [3.8, 4) is 5.75 Å². The summed E-state index contributed by atoms with van der Waals surface area (Å²) in [6.07, 6.45) is 4.84. The fraction of sp³-hybridized carbons (Fsp3) is 0.600. The Labute approximate surface area is 196 Å². The summed E-state index contributed by atoms with van der Waals surface area (Å²) < 4.78 is 16.8. The lowest BCUT2D eigenvalue weighted by molar-refractivity contribution is 0.0320. The summed E-state index contributed by atoms with van der Waals surface area (Å²) in [5, 5.41) is 0. The molecule has 8 heteroatoms. The van der Waals surface area contributed by atoms with Gasteiger partial charge in [0.1, 0.15) is 12.0 Å². The quantitative estimate of drug-likeness (QED) is 0.544. The van der Waals surface area contributed by atoms with E-state index in [-0.39, 0.29) is 5.91 Å². The van der Waals surface area contributed by atoms with E-state index in [1.165, 1.54) is 18.2 Å². The Morgan fingerprint density at radius 3 is 2.55 bits per heavy atom. The van der Waals surface area contributed by atoms with Gasteiger partial charge in [-0.1, -0.05) is 12.1 Å². The van der Waals surface area contributed by atoms with Crippen molar-refractivity contribution in [2.45, 2.75) is 39.3 Å². The van der Waals surface area contributed by atoms with Gasteiger partial charge in [-0.3, -0.25) is 14.6 Å². The summed E-state index contributed by atoms with van der Waals surface area (Å²) in [5.74, 6) is 1.45. The first-order chi connectivity index (χ1) is 16.2. The molecular weight excluding hydrogens is 420 g/mol. The van der Waals surface area contributed by atoms with Crippen molar-refractivity contribution in [1.29, 1.82) is 0 Å². The molecule has 0 atom stereocenters. The summed E-state index contributed by atoms with van der Waals surface area (Å²) in [7, 11) is 0. The van der Waals surface area contributed by atoms with Gasteiger partial charge in [-0.05, 0) is 43.9 Å². The van der Waals surface area contributed by atoms with E-state index in [1.54, 1.807) is 0 Å². The van der Waals surface area contributed by atoms with Gasteiger partial charge in [0.2, 0.25) is 5.89 Å². The molecule has 1 amide bonds. The van der Waals surface area contributed by atoms with Gasteiger partial charge in [0, 0.05) is 45.8 Å². The summed E-state index contributed by atoms with van der Waals surface area (Å²) in [4.78, 5) is 24.0. The second kappa shape index (κ2) is 12.2. The number of oxazole rings is 1. The van der Waals surface area contributed by atoms with Crippen molar-refractivity contribution in [1.82, 2.24) is 19.7 Å². The molecule has 2 fully saturated rings. The third kappa shape index (κ3) is 7.03. The number of aromatic nitrogens is 1. The first-order valence-corrected chi connectivity index (χ1v) is 12.2. The van der Waals surface area contributed by atoms with Crippen molar-refractivity contribution in [2.24, 2.45) is 0 Å². The molecule has 0 saturated carbocycles. The molecule has 180 valence electrons. The van der Waals surface area contributed by atoms with Crippen LogP contribution >= 0.6 is 0 Å². The summed E-state index contributed by atoms with van der Waals surface area (Å²) in [6.45, 7) is 10.9. The number of likely N-dealkylation sites (tertiary alicyclic amines) is 1. The van der Waals surface area contributed by atoms with Gasteiger partial charge in [0.25, 0.3) is 5.91 Å². The maximum absolute atomic E-state index is 12.8. The lowest BCUT2D eigenvalue weighted by atomic mass is 10.1. The van der Waals surface area contributed by atoms with Gasteiger partial charge in [-0.2, -0.15) is 0 Å². The average molecular weight is 457 g/mol. The van der Waals surface area contributed by atoms with Crippen LogP contribution in [-0.2, 0) is 17.8 Å². The number of nitrogens with zero attached hydrogens (tertiary/aromatic N) is 4. The number of benzene rings is 1. The predicted molar refractivity (Wildman–Crippen MR) is 125 cm³/mol. The molecule has 2 aliphatic rings. The van der Waals surface area contributed by atoms with Crippen LogP contribution in [0.25, 0.3) is 0 Å². The van der Waals surface area contributed by atoms with E-state index in [9.17, 15) is 4.79 Å². The topological polar surface area (TPSA) is 71.3 Å². The Morgan fingerprint density at radius 2 is 1.82 bits per heavy atom. The van der Waals surface area contributed by atoms with Crippen LogP contribution in [0.3, 0.4) is 0 Å². The highest BCUT2D eigenvalue weighted by Crippen LogP contribution is 2.17. The van der Waals surface area contributed by atoms with Crippen LogP contribution in [0.1, 0.15) is 48.1 Å². The molecule has 33 heavy (non-hydrogen) atoms. The first-order valence-electron chi connectivity index (χ1n) is 12.2. The molecule has 2 aromatic rings. The number of ether oxygens (including phenoxy) is 2. The predicted octanol–water partition coefficient (Wildman–Crippen LogP) is 3.03. The minimum absolute atomic E-state index is 0.0175. The highest BCUT2D eigenvalue weighted by Gasteiger charge is 2.22. The van der Waals surface area contributed by atoms with Crippen molar-refractivity contribution < 1.29 is 18.7 Å². The van der Waals surface area contributed by atoms with Crippen LogP contribution in [-0.4, -0.2) is 84.7 Å². The van der Waals surface area contributed by atoms with Crippen molar-refractivity contribution in [2.75, 3.05) is 59.1 Å². The van der Waals surface area contributed by atoms with Crippen LogP contribution in [0.4, 0.5) is 0 Å². The van der Waals surface area contributed by atoms with Gasteiger partial charge in [0.15, 0.2) is 5.69 Å². The SMILES string of the molecule is CCOc1ccc(CN(CCN2CCOCC2)Cc2nc(C(=O)N3CCCCC3)co2)cc1. The molecule has 0 N–H and O–H groups in total. The minimum Gasteiger partial charge on any atom is -0.494 e. The number of piperidine rings is 1. The minimum atomic E-state index is -0.0175. The molecule has 0 spiro atoms. The second-order valence-electron chi connectivity index (χ2n) is 8.72. The molecule has 3 heterocycles. The smallest absolute Gasteiger partial charge is 0.275 e. The largest absolute Gasteiger partial charge is 0.494 e. The number of amides is 1. The van der Waals surface area contributed by atoms with Crippen LogP contribution < -0.4 is 4.74 Å². The molecule has 2 aliphatic heterocycles. The van der Waals surface area contributed by atoms with Crippen LogP contribution in [0, 0.1) is 0 Å². The van der Waals surface area contributed by atoms with E-state index in [1.807, 2.05) is 24.0 Å². The number of carbonyl (C=O) groups excluding carboxylic acids is 1. The average Bonchev–Trinajstić information content (AvgIpc) is 3.33. The zero-order chi connectivity index (χ0) is 22.9. The van der Waals surface area contributed by atoms with E-state index in [0.717, 1.165) is 77.6 Å². The molecule has 0 aliphatic carbocycles. The maximum Gasteiger partial charge on any atom is 0.275 e. The highest BCUT2D eigenvalue weighted by molar-refractivity contribution is 5.92. The molecule has 4 rings (SSSR count). The molecule has 0 radical (unpaired) electrons. The molecule has 0 unspecified atom stereocenters. The number of carbonyl (C=O) groups is 1. The van der Waals surface area contributed by atoms with Crippen LogP contribution in [0.15, 0.2) is 34.9 Å². The standard InChI is InChI=1S/C25H36N4O4/c1-2-32-22-8-6-21(7-9-22)18-28(13-12-27-14-16-31-17-15-27)19-24-26-23(20-33-24)25(30)29-10-4-3-5-11-29/h6-9,20H,2-5,10-19H2,1H3. The molecule has 0 bridgehead atoms. The summed E-state index contributed by atoms with van der Waals surface area (Å²) >= 11 is 0. The zero-order valence-electron chi connectivity index (χ0n) is 19.7. The van der Waals surface area contributed by atoms with Gasteiger partial charge >= 0.3 is 0 Å². The number of rotatable bonds is 10. The lowest BCUT2D eigenvalue weighted by Gasteiger charge is -2.29. The molecular formula is C25H36N4O4. The molecule has 1 aromatic carbocycles. The number of hydrogen-bond acceptors (Lipinski definition) is 7. The number of hydrogen-bond donors (Lipinski definition) is 0. The Bertz CT molecular complexity index is 858. The van der Waals surface area contributed by atoms with E-state index in [2.05, 4.69) is 26.9 Å². The first kappa shape index (κ1) is 23.7. The number of morpholine rings is 1. The van der Waals surface area contributed by atoms with Gasteiger partial charge in [-0.15, -0.1) is 0 Å². The Hall–Kier alpha value is -2.42. The van der Waals surface area contributed by atoms with E-state index >= 15 is 0 Å². The zero-order valence-corrected chi connectivity index (χ0v) is 19.7. The molecule has 1 aromatic heterocycles. The van der Waals surface area contributed by atoms with E-state index in [0.29, 0.717) is 24.7 Å². The highest BCUT2D eigenvalue weighted by atomic mass is 16.5. The second-order valence-corrected chi connectivity index (χ2v) is 8.72. The molecule has 8 nitrogen and oxygen atoms in total. The Morgan fingerprint density at radius 1 is 1.06 bits per heavy atom. The third-order valence-corrected chi connectivity index (χ3v) is 6.25. The third-order valence-electron chi connectivity index (χ3n) is 6.25. The van der Waals surface area contributed by atoms with E-state index < -0.39 is 0 Å². The summed E-state index contributed by atoms with van der Waals surface area (Å²) in [5.41, 5.74) is 1.62. The van der Waals surface area contributed by atoms with Gasteiger partial charge in [-0.25, -0.2) is 4.98 Å².